The van der Waals surface area contributed by atoms with Crippen LogP contribution in [0.4, 0.5) is 5.69 Å². The molecule has 0 spiro atoms. The van der Waals surface area contributed by atoms with Crippen molar-refractivity contribution in [3.63, 3.8) is 0 Å². The largest absolute Gasteiger partial charge is 0.497 e. The van der Waals surface area contributed by atoms with Gasteiger partial charge in [0.05, 0.1) is 12.8 Å². The number of rotatable bonds is 1. The molecule has 3 aromatic carbocycles. The molecule has 6 heteroatoms. The van der Waals surface area contributed by atoms with E-state index in [1.807, 2.05) is 61.3 Å². The van der Waals surface area contributed by atoms with Gasteiger partial charge < -0.3 is 9.47 Å². The van der Waals surface area contributed by atoms with Crippen molar-refractivity contribution in [2.45, 2.75) is 20.1 Å². The number of nitrogens with one attached hydrogen (secondary N) is 1. The van der Waals surface area contributed by atoms with Gasteiger partial charge in [-0.15, -0.1) is 0 Å². The molecule has 0 saturated carbocycles. The van der Waals surface area contributed by atoms with E-state index >= 15 is 0 Å². The van der Waals surface area contributed by atoms with E-state index in [1.54, 1.807) is 7.11 Å². The molecule has 1 atom stereocenters. The van der Waals surface area contributed by atoms with Gasteiger partial charge in [-0.25, -0.2) is 5.01 Å². The van der Waals surface area contributed by atoms with Crippen LogP contribution in [-0.4, -0.2) is 19.2 Å². The number of carbonyl (C=O) groups is 1. The highest BCUT2D eigenvalue weighted by Crippen LogP contribution is 2.49. The molecule has 1 unspecified atom stereocenters. The fourth-order valence-electron chi connectivity index (χ4n) is 3.95. The van der Waals surface area contributed by atoms with E-state index in [4.69, 9.17) is 9.47 Å². The van der Waals surface area contributed by atoms with Gasteiger partial charge in [0.2, 0.25) is 12.1 Å². The summed E-state index contributed by atoms with van der Waals surface area (Å²) in [6.45, 7) is 3.81. The maximum absolute atomic E-state index is 12.6. The lowest BCUT2D eigenvalue weighted by atomic mass is 9.91. The highest BCUT2D eigenvalue weighted by Gasteiger charge is 2.51. The number of halogens is 1. The second-order valence-corrected chi connectivity index (χ2v) is 8.61. The molecule has 1 N–H and O–H groups in total. The normalized spacial score (nSPS) is 19.2. The van der Waals surface area contributed by atoms with Crippen molar-refractivity contribution in [1.82, 2.24) is 5.43 Å². The molecule has 2 heterocycles. The van der Waals surface area contributed by atoms with Crippen molar-refractivity contribution in [3.05, 3.63) is 53.0 Å². The topological polar surface area (TPSA) is 50.8 Å². The molecule has 5 rings (SSSR count). The second kappa shape index (κ2) is 5.88. The van der Waals surface area contributed by atoms with Gasteiger partial charge >= 0.3 is 0 Å². The van der Waals surface area contributed by atoms with Gasteiger partial charge in [-0.3, -0.25) is 10.2 Å². The third kappa shape index (κ3) is 2.34. The number of anilines is 1. The molecule has 0 radical (unpaired) electrons. The smallest absolute Gasteiger partial charge is 0.250 e. The Bertz CT molecular complexity index is 1140. The molecule has 1 fully saturated rings. The summed E-state index contributed by atoms with van der Waals surface area (Å²) in [6.07, 6.45) is -0.461. The molecular formula is C22H19BrN2O3. The summed E-state index contributed by atoms with van der Waals surface area (Å²) in [5, 5.41) is 3.99. The molecule has 2 aliphatic rings. The van der Waals surface area contributed by atoms with Crippen molar-refractivity contribution in [3.8, 4) is 22.6 Å². The first-order valence-corrected chi connectivity index (χ1v) is 9.87. The summed E-state index contributed by atoms with van der Waals surface area (Å²) < 4.78 is 12.9. The zero-order valence-corrected chi connectivity index (χ0v) is 17.3. The zero-order chi connectivity index (χ0) is 19.6. The minimum atomic E-state index is -0.704. The van der Waals surface area contributed by atoms with Crippen molar-refractivity contribution in [2.75, 3.05) is 12.1 Å². The number of ether oxygens (including phenoxy) is 2. The van der Waals surface area contributed by atoms with Crippen LogP contribution >= 0.6 is 15.9 Å². The molecule has 3 aromatic rings. The van der Waals surface area contributed by atoms with Crippen LogP contribution in [0.3, 0.4) is 0 Å². The Morgan fingerprint density at radius 2 is 1.93 bits per heavy atom. The van der Waals surface area contributed by atoms with E-state index < -0.39 is 11.6 Å². The third-order valence-corrected chi connectivity index (χ3v) is 6.07. The fourth-order valence-corrected chi connectivity index (χ4v) is 4.30. The van der Waals surface area contributed by atoms with E-state index in [1.165, 1.54) is 0 Å². The van der Waals surface area contributed by atoms with Crippen molar-refractivity contribution < 1.29 is 14.3 Å². The van der Waals surface area contributed by atoms with E-state index in [2.05, 4.69) is 27.4 Å². The standard InChI is InChI=1S/C22H19BrN2O3/c1-22(2)20(26)24-25-17-10-13(23)6-8-15(17)19-16-11-14(27-3)7-4-12(16)5-9-18(19)28-21(22)25/h4-11,21H,1-3H3,(H,24,26). The predicted octanol–water partition coefficient (Wildman–Crippen LogP) is 4.87. The van der Waals surface area contributed by atoms with E-state index in [0.717, 1.165) is 43.6 Å². The Hall–Kier alpha value is -2.73. The summed E-state index contributed by atoms with van der Waals surface area (Å²) in [6, 6.07) is 16.1. The highest BCUT2D eigenvalue weighted by atomic mass is 79.9. The number of hydrogen-bond acceptors (Lipinski definition) is 4. The first-order valence-electron chi connectivity index (χ1n) is 9.08. The molecule has 142 valence electrons. The van der Waals surface area contributed by atoms with Crippen LogP contribution in [-0.2, 0) is 4.79 Å². The van der Waals surface area contributed by atoms with Gasteiger partial charge in [0.1, 0.15) is 16.9 Å². The molecule has 1 amide bonds. The Morgan fingerprint density at radius 1 is 1.14 bits per heavy atom. The molecule has 2 aliphatic heterocycles. The molecular weight excluding hydrogens is 420 g/mol. The van der Waals surface area contributed by atoms with E-state index in [9.17, 15) is 4.79 Å². The lowest BCUT2D eigenvalue weighted by Crippen LogP contribution is -2.44. The number of amides is 1. The number of carbonyl (C=O) groups excluding carboxylic acids is 1. The summed E-state index contributed by atoms with van der Waals surface area (Å²) in [7, 11) is 1.67. The van der Waals surface area contributed by atoms with Gasteiger partial charge in [0.25, 0.3) is 0 Å². The van der Waals surface area contributed by atoms with Crippen LogP contribution in [0.25, 0.3) is 21.9 Å². The number of hydrazine groups is 1. The minimum absolute atomic E-state index is 0.0608. The number of fused-ring (bicyclic) bond motifs is 7. The van der Waals surface area contributed by atoms with Crippen molar-refractivity contribution >= 4 is 38.3 Å². The first kappa shape index (κ1) is 17.4. The summed E-state index contributed by atoms with van der Waals surface area (Å²) in [5.41, 5.74) is 5.19. The van der Waals surface area contributed by atoms with Gasteiger partial charge in [-0.1, -0.05) is 34.1 Å². The quantitative estimate of drug-likeness (QED) is 0.588. The summed E-state index contributed by atoms with van der Waals surface area (Å²) in [4.78, 5) is 12.6. The predicted molar refractivity (Wildman–Crippen MR) is 112 cm³/mol. The van der Waals surface area contributed by atoms with Crippen LogP contribution in [0.2, 0.25) is 0 Å². The number of nitrogens with zero attached hydrogens (tertiary/aromatic N) is 1. The average molecular weight is 439 g/mol. The van der Waals surface area contributed by atoms with Crippen LogP contribution in [0.5, 0.6) is 11.5 Å². The second-order valence-electron chi connectivity index (χ2n) is 7.69. The SMILES string of the molecule is COc1ccc2ccc3c(c2c1)-c1ccc(Br)cc1N1NC(=O)C(C)(C)C1O3. The Kier molecular flexibility index (Phi) is 3.65. The molecule has 0 aromatic heterocycles. The van der Waals surface area contributed by atoms with Gasteiger partial charge in [0, 0.05) is 15.6 Å². The van der Waals surface area contributed by atoms with Crippen molar-refractivity contribution in [1.29, 1.82) is 0 Å². The van der Waals surface area contributed by atoms with E-state index in [0.29, 0.717) is 0 Å². The Labute approximate surface area is 171 Å². The summed E-state index contributed by atoms with van der Waals surface area (Å²) in [5.74, 6) is 1.48. The lowest BCUT2D eigenvalue weighted by molar-refractivity contribution is -0.128. The number of methoxy groups -OCH3 is 1. The van der Waals surface area contributed by atoms with Gasteiger partial charge in [-0.2, -0.15) is 0 Å². The minimum Gasteiger partial charge on any atom is -0.497 e. The highest BCUT2D eigenvalue weighted by molar-refractivity contribution is 9.10. The summed E-state index contributed by atoms with van der Waals surface area (Å²) >= 11 is 3.57. The Morgan fingerprint density at radius 3 is 2.71 bits per heavy atom. The van der Waals surface area contributed by atoms with Crippen molar-refractivity contribution in [2.24, 2.45) is 5.41 Å². The van der Waals surface area contributed by atoms with Crippen LogP contribution < -0.4 is 19.9 Å². The zero-order valence-electron chi connectivity index (χ0n) is 15.7. The maximum atomic E-state index is 12.6. The van der Waals surface area contributed by atoms with Gasteiger partial charge in [0.15, 0.2) is 0 Å². The monoisotopic (exact) mass is 438 g/mol. The number of hydrogen-bond donors (Lipinski definition) is 1. The Balaban J connectivity index is 1.86. The first-order chi connectivity index (χ1) is 13.4. The molecule has 0 bridgehead atoms. The third-order valence-electron chi connectivity index (χ3n) is 5.58. The van der Waals surface area contributed by atoms with Crippen LogP contribution in [0.1, 0.15) is 13.8 Å². The number of benzene rings is 3. The van der Waals surface area contributed by atoms with E-state index in [-0.39, 0.29) is 5.91 Å². The molecule has 0 aliphatic carbocycles. The van der Waals surface area contributed by atoms with Crippen LogP contribution in [0, 0.1) is 5.41 Å². The molecule has 28 heavy (non-hydrogen) atoms. The fraction of sp³-hybridized carbons (Fsp3) is 0.227. The molecule has 5 nitrogen and oxygen atoms in total. The molecule has 1 saturated heterocycles. The lowest BCUT2D eigenvalue weighted by Gasteiger charge is -2.29. The average Bonchev–Trinajstić information content (AvgIpc) is 2.83. The maximum Gasteiger partial charge on any atom is 0.250 e. The van der Waals surface area contributed by atoms with Gasteiger partial charge in [-0.05, 0) is 55.0 Å². The van der Waals surface area contributed by atoms with Crippen LogP contribution in [0.15, 0.2) is 53.0 Å².